The first kappa shape index (κ1) is 20.8. The Balaban J connectivity index is 1.73. The van der Waals surface area contributed by atoms with E-state index in [1.165, 1.54) is 4.31 Å². The lowest BCUT2D eigenvalue weighted by Crippen LogP contribution is -2.44. The topological polar surface area (TPSA) is 72.3 Å². The molecule has 9 heteroatoms. The van der Waals surface area contributed by atoms with Crippen LogP contribution in [0, 0.1) is 0 Å². The van der Waals surface area contributed by atoms with E-state index in [-0.39, 0.29) is 28.0 Å². The molecule has 6 nitrogen and oxygen atoms in total. The quantitative estimate of drug-likeness (QED) is 0.502. The van der Waals surface area contributed by atoms with E-state index in [0.29, 0.717) is 11.9 Å². The fourth-order valence-electron chi connectivity index (χ4n) is 4.54. The average Bonchev–Trinajstić information content (AvgIpc) is 3.01. The monoisotopic (exact) mass is 455 g/mol. The number of halogens is 2. The zero-order valence-corrected chi connectivity index (χ0v) is 18.5. The summed E-state index contributed by atoms with van der Waals surface area (Å²) in [6.45, 7) is 0.431. The Labute approximate surface area is 180 Å². The van der Waals surface area contributed by atoms with Crippen molar-refractivity contribution in [3.8, 4) is 0 Å². The number of nitrogens with zero attached hydrogens (tertiary/aromatic N) is 3. The fourth-order valence-corrected chi connectivity index (χ4v) is 6.98. The molecule has 4 rings (SSSR count). The average molecular weight is 456 g/mol. The number of carbonyl (C=O) groups excluding carboxylic acids is 1. The fraction of sp³-hybridized carbons (Fsp3) is 0.500. The first-order valence-electron chi connectivity index (χ1n) is 9.80. The normalized spacial score (nSPS) is 20.3. The van der Waals surface area contributed by atoms with Gasteiger partial charge in [-0.1, -0.05) is 48.5 Å². The number of aldehydes is 1. The van der Waals surface area contributed by atoms with Gasteiger partial charge in [-0.3, -0.25) is 0 Å². The summed E-state index contributed by atoms with van der Waals surface area (Å²) in [5, 5.41) is 0.895. The van der Waals surface area contributed by atoms with Gasteiger partial charge in [0.25, 0.3) is 0 Å². The van der Waals surface area contributed by atoms with Crippen LogP contribution in [0.15, 0.2) is 12.1 Å². The van der Waals surface area contributed by atoms with Crippen LogP contribution in [-0.4, -0.2) is 46.9 Å². The van der Waals surface area contributed by atoms with Gasteiger partial charge in [0.15, 0.2) is 0 Å². The Morgan fingerprint density at radius 2 is 2.00 bits per heavy atom. The lowest BCUT2D eigenvalue weighted by molar-refractivity contribution is -0.107. The number of aromatic nitrogens is 2. The minimum absolute atomic E-state index is 0.201. The summed E-state index contributed by atoms with van der Waals surface area (Å²) in [6, 6.07) is 1.40. The number of likely N-dealkylation sites (N-methyl/N-ethyl adjacent to an activating group) is 1. The molecule has 0 N–H and O–H groups in total. The molecule has 2 aliphatic rings. The first-order valence-corrected chi connectivity index (χ1v) is 12.1. The lowest BCUT2D eigenvalue weighted by atomic mass is 10.0. The van der Waals surface area contributed by atoms with Crippen LogP contribution in [0.25, 0.3) is 17.0 Å². The van der Waals surface area contributed by atoms with Crippen molar-refractivity contribution < 1.29 is 13.2 Å². The van der Waals surface area contributed by atoms with Crippen LogP contribution in [0.2, 0.25) is 10.3 Å². The largest absolute Gasteiger partial charge is 0.339 e. The number of sulfonamides is 1. The maximum atomic E-state index is 13.2. The molecule has 2 aromatic heterocycles. The van der Waals surface area contributed by atoms with Gasteiger partial charge in [0.2, 0.25) is 10.0 Å². The van der Waals surface area contributed by atoms with E-state index in [0.717, 1.165) is 55.2 Å². The highest BCUT2D eigenvalue weighted by atomic mass is 35.5. The molecule has 0 spiro atoms. The van der Waals surface area contributed by atoms with E-state index in [4.69, 9.17) is 23.2 Å². The molecule has 1 fully saturated rings. The van der Waals surface area contributed by atoms with E-state index in [1.54, 1.807) is 13.1 Å². The van der Waals surface area contributed by atoms with Gasteiger partial charge in [-0.15, -0.1) is 0 Å². The van der Waals surface area contributed by atoms with Crippen LogP contribution in [-0.2, 0) is 27.8 Å². The second kappa shape index (κ2) is 8.02. The minimum Gasteiger partial charge on any atom is -0.339 e. The van der Waals surface area contributed by atoms with Crippen molar-refractivity contribution in [2.45, 2.75) is 56.4 Å². The second-order valence-corrected chi connectivity index (χ2v) is 10.7. The van der Waals surface area contributed by atoms with Crippen LogP contribution in [0.5, 0.6) is 0 Å². The van der Waals surface area contributed by atoms with Gasteiger partial charge < -0.3 is 9.36 Å². The Kier molecular flexibility index (Phi) is 5.77. The molecule has 1 saturated carbocycles. The van der Waals surface area contributed by atoms with E-state index in [1.807, 2.05) is 16.7 Å². The zero-order valence-electron chi connectivity index (χ0n) is 16.1. The Morgan fingerprint density at radius 1 is 1.28 bits per heavy atom. The Hall–Kier alpha value is -1.41. The third-order valence-electron chi connectivity index (χ3n) is 6.09. The minimum atomic E-state index is -3.39. The van der Waals surface area contributed by atoms with Crippen molar-refractivity contribution in [1.29, 1.82) is 0 Å². The van der Waals surface area contributed by atoms with Crippen LogP contribution in [0.1, 0.15) is 43.4 Å². The maximum Gasteiger partial charge on any atom is 0.217 e. The second-order valence-electron chi connectivity index (χ2n) is 7.72. The van der Waals surface area contributed by atoms with Gasteiger partial charge in [-0.05, 0) is 30.5 Å². The van der Waals surface area contributed by atoms with Crippen molar-refractivity contribution in [1.82, 2.24) is 13.9 Å². The molecule has 0 aromatic carbocycles. The third kappa shape index (κ3) is 3.63. The summed E-state index contributed by atoms with van der Waals surface area (Å²) >= 11 is 12.5. The van der Waals surface area contributed by atoms with Crippen molar-refractivity contribution in [3.05, 3.63) is 33.7 Å². The van der Waals surface area contributed by atoms with Crippen molar-refractivity contribution >= 4 is 56.5 Å². The van der Waals surface area contributed by atoms with E-state index < -0.39 is 10.0 Å². The molecule has 0 amide bonds. The summed E-state index contributed by atoms with van der Waals surface area (Å²) in [6.07, 6.45) is 9.28. The predicted octanol–water partition coefficient (Wildman–Crippen LogP) is 4.07. The Morgan fingerprint density at radius 3 is 2.69 bits per heavy atom. The van der Waals surface area contributed by atoms with Crippen molar-refractivity contribution in [2.75, 3.05) is 7.05 Å². The van der Waals surface area contributed by atoms with Crippen LogP contribution in [0.3, 0.4) is 0 Å². The summed E-state index contributed by atoms with van der Waals surface area (Å²) in [4.78, 5) is 15.4. The number of fused-ring (bicyclic) bond motifs is 3. The summed E-state index contributed by atoms with van der Waals surface area (Å²) in [5.41, 5.74) is 2.40. The summed E-state index contributed by atoms with van der Waals surface area (Å²) in [5.74, 6) is 0. The molecular weight excluding hydrogens is 433 g/mol. The third-order valence-corrected chi connectivity index (χ3v) is 8.95. The van der Waals surface area contributed by atoms with Gasteiger partial charge in [0.1, 0.15) is 16.6 Å². The lowest BCUT2D eigenvalue weighted by Gasteiger charge is -2.33. The van der Waals surface area contributed by atoms with Crippen molar-refractivity contribution in [2.24, 2.45) is 0 Å². The molecule has 1 aliphatic heterocycles. The SMILES string of the molecule is CN([C@@H]1C=Cc2c(CC=O)c3c(Cl)nc(Cl)cc3n2C1)S(=O)(=O)C1CCCCC1. The number of hydrogen-bond donors (Lipinski definition) is 0. The number of carbonyl (C=O) groups is 1. The molecule has 3 heterocycles. The van der Waals surface area contributed by atoms with E-state index in [9.17, 15) is 13.2 Å². The summed E-state index contributed by atoms with van der Waals surface area (Å²) < 4.78 is 29.8. The highest BCUT2D eigenvalue weighted by Crippen LogP contribution is 2.36. The van der Waals surface area contributed by atoms with Gasteiger partial charge in [-0.25, -0.2) is 13.4 Å². The van der Waals surface area contributed by atoms with Crippen molar-refractivity contribution in [3.63, 3.8) is 0 Å². The molecule has 29 heavy (non-hydrogen) atoms. The van der Waals surface area contributed by atoms with E-state index in [2.05, 4.69) is 4.98 Å². The van der Waals surface area contributed by atoms with Crippen LogP contribution < -0.4 is 0 Å². The summed E-state index contributed by atoms with van der Waals surface area (Å²) in [7, 11) is -1.73. The van der Waals surface area contributed by atoms with Crippen LogP contribution in [0.4, 0.5) is 0 Å². The smallest absolute Gasteiger partial charge is 0.217 e. The molecule has 2 aromatic rings. The highest BCUT2D eigenvalue weighted by Gasteiger charge is 2.35. The molecule has 0 bridgehead atoms. The molecule has 0 saturated heterocycles. The zero-order chi connectivity index (χ0) is 20.8. The number of hydrogen-bond acceptors (Lipinski definition) is 4. The highest BCUT2D eigenvalue weighted by molar-refractivity contribution is 7.89. The van der Waals surface area contributed by atoms with Gasteiger partial charge in [-0.2, -0.15) is 4.31 Å². The maximum absolute atomic E-state index is 13.2. The molecule has 0 unspecified atom stereocenters. The molecule has 0 radical (unpaired) electrons. The molecule has 1 atom stereocenters. The molecular formula is C20H23Cl2N3O3S. The van der Waals surface area contributed by atoms with Gasteiger partial charge in [0, 0.05) is 31.1 Å². The first-order chi connectivity index (χ1) is 13.8. The van der Waals surface area contributed by atoms with Gasteiger partial charge in [0.05, 0.1) is 16.8 Å². The molecule has 156 valence electrons. The molecule has 1 aliphatic carbocycles. The predicted molar refractivity (Wildman–Crippen MR) is 116 cm³/mol. The number of rotatable bonds is 5. The van der Waals surface area contributed by atoms with Gasteiger partial charge >= 0.3 is 0 Å². The number of pyridine rings is 1. The van der Waals surface area contributed by atoms with Crippen LogP contribution >= 0.6 is 23.2 Å². The Bertz CT molecular complexity index is 1090. The van der Waals surface area contributed by atoms with E-state index >= 15 is 0 Å². The standard InChI is InChI=1S/C20H23Cl2N3O3S/c1-24(29(27,28)14-5-3-2-4-6-14)13-7-8-16-15(9-10-26)19-17(25(16)12-13)11-18(21)23-20(19)22/h7-8,10-11,13-14H,2-6,9,12H2,1H3/t13-/m1/s1.